The number of nitriles is 1. The predicted octanol–water partition coefficient (Wildman–Crippen LogP) is 4.88. The molecule has 1 heteroatoms. The minimum Gasteiger partial charge on any atom is -0.192 e. The van der Waals surface area contributed by atoms with E-state index in [1.807, 2.05) is 13.0 Å². The Balaban J connectivity index is 2.35. The summed E-state index contributed by atoms with van der Waals surface area (Å²) in [6.07, 6.45) is 9.21. The second-order valence-electron chi connectivity index (χ2n) is 5.41. The highest BCUT2D eigenvalue weighted by atomic mass is 14.3. The fourth-order valence-electron chi connectivity index (χ4n) is 2.75. The first-order chi connectivity index (χ1) is 9.15. The summed E-state index contributed by atoms with van der Waals surface area (Å²) >= 11 is 0. The van der Waals surface area contributed by atoms with Gasteiger partial charge in [-0.3, -0.25) is 0 Å². The number of benzene rings is 1. The molecule has 19 heavy (non-hydrogen) atoms. The van der Waals surface area contributed by atoms with Crippen LogP contribution in [0, 0.1) is 24.2 Å². The smallest absolute Gasteiger partial charge is 0.0994 e. The Labute approximate surface area is 116 Å². The van der Waals surface area contributed by atoms with Gasteiger partial charge in [0.05, 0.1) is 11.6 Å². The molecule has 1 aliphatic carbocycles. The summed E-state index contributed by atoms with van der Waals surface area (Å²) in [4.78, 5) is 0. The summed E-state index contributed by atoms with van der Waals surface area (Å²) in [7, 11) is 0. The second-order valence-corrected chi connectivity index (χ2v) is 5.41. The van der Waals surface area contributed by atoms with E-state index in [0.29, 0.717) is 11.8 Å². The molecule has 0 aliphatic heterocycles. The first-order valence-electron chi connectivity index (χ1n) is 7.06. The van der Waals surface area contributed by atoms with Gasteiger partial charge < -0.3 is 0 Å². The van der Waals surface area contributed by atoms with Gasteiger partial charge in [-0.05, 0) is 42.0 Å². The molecular formula is C18H21N. The van der Waals surface area contributed by atoms with Crippen molar-refractivity contribution in [1.29, 1.82) is 5.26 Å². The Morgan fingerprint density at radius 2 is 2.16 bits per heavy atom. The monoisotopic (exact) mass is 251 g/mol. The summed E-state index contributed by atoms with van der Waals surface area (Å²) < 4.78 is 0. The lowest BCUT2D eigenvalue weighted by molar-refractivity contribution is 0.695. The normalized spacial score (nSPS) is 19.1. The number of hydrogen-bond acceptors (Lipinski definition) is 1. The summed E-state index contributed by atoms with van der Waals surface area (Å²) in [6.45, 7) is 6.47. The van der Waals surface area contributed by atoms with Crippen molar-refractivity contribution < 1.29 is 0 Å². The van der Waals surface area contributed by atoms with Crippen molar-refractivity contribution in [3.63, 3.8) is 0 Å². The van der Waals surface area contributed by atoms with E-state index >= 15 is 0 Å². The molecule has 0 radical (unpaired) electrons. The van der Waals surface area contributed by atoms with Gasteiger partial charge in [-0.25, -0.2) is 0 Å². The highest BCUT2D eigenvalue weighted by Gasteiger charge is 2.18. The van der Waals surface area contributed by atoms with Crippen LogP contribution in [0.5, 0.6) is 0 Å². The molecule has 0 heterocycles. The molecule has 1 aromatic rings. The Bertz CT molecular complexity index is 558. The van der Waals surface area contributed by atoms with Gasteiger partial charge in [0.15, 0.2) is 0 Å². The Hall–Kier alpha value is -1.81. The maximum absolute atomic E-state index is 9.02. The zero-order chi connectivity index (χ0) is 13.8. The molecule has 98 valence electrons. The van der Waals surface area contributed by atoms with Gasteiger partial charge in [-0.2, -0.15) is 5.26 Å². The predicted molar refractivity (Wildman–Crippen MR) is 79.9 cm³/mol. The van der Waals surface area contributed by atoms with Crippen LogP contribution in [0.25, 0.3) is 0 Å². The Morgan fingerprint density at radius 1 is 1.37 bits per heavy atom. The third-order valence-electron chi connectivity index (χ3n) is 3.80. The van der Waals surface area contributed by atoms with Gasteiger partial charge in [0.1, 0.15) is 0 Å². The maximum Gasteiger partial charge on any atom is 0.0994 e. The van der Waals surface area contributed by atoms with Crippen LogP contribution in [-0.4, -0.2) is 0 Å². The van der Waals surface area contributed by atoms with Crippen molar-refractivity contribution in [2.75, 3.05) is 0 Å². The number of rotatable bonds is 4. The van der Waals surface area contributed by atoms with E-state index < -0.39 is 0 Å². The lowest BCUT2D eigenvalue weighted by Crippen LogP contribution is -2.01. The lowest BCUT2D eigenvalue weighted by Gasteiger charge is -2.18. The van der Waals surface area contributed by atoms with Crippen molar-refractivity contribution in [1.82, 2.24) is 0 Å². The SMILES string of the molecule is CCCC(C1=CC(C)C=C1)c1ccc(C#N)c(C)c1. The van der Waals surface area contributed by atoms with Crippen LogP contribution in [0.4, 0.5) is 0 Å². The molecule has 1 aliphatic rings. The number of aryl methyl sites for hydroxylation is 1. The Kier molecular flexibility index (Phi) is 4.22. The minimum absolute atomic E-state index is 0.470. The molecule has 0 fully saturated rings. The molecule has 2 atom stereocenters. The molecule has 0 saturated carbocycles. The van der Waals surface area contributed by atoms with Crippen LogP contribution in [0.15, 0.2) is 42.0 Å². The highest BCUT2D eigenvalue weighted by molar-refractivity contribution is 5.45. The van der Waals surface area contributed by atoms with Crippen molar-refractivity contribution in [3.05, 3.63) is 58.7 Å². The van der Waals surface area contributed by atoms with Crippen LogP contribution in [0.2, 0.25) is 0 Å². The van der Waals surface area contributed by atoms with Crippen LogP contribution in [0.3, 0.4) is 0 Å². The summed E-state index contributed by atoms with van der Waals surface area (Å²) in [5.41, 5.74) is 4.63. The molecule has 0 aromatic heterocycles. The van der Waals surface area contributed by atoms with Crippen molar-refractivity contribution >= 4 is 0 Å². The topological polar surface area (TPSA) is 23.8 Å². The quantitative estimate of drug-likeness (QED) is 0.748. The van der Waals surface area contributed by atoms with Gasteiger partial charge in [0.2, 0.25) is 0 Å². The third kappa shape index (κ3) is 2.96. The number of nitrogens with zero attached hydrogens (tertiary/aromatic N) is 1. The molecule has 0 saturated heterocycles. The van der Waals surface area contributed by atoms with Gasteiger partial charge in [-0.15, -0.1) is 0 Å². The molecule has 0 spiro atoms. The summed E-state index contributed by atoms with van der Waals surface area (Å²) in [6, 6.07) is 8.49. The van der Waals surface area contributed by atoms with Crippen LogP contribution in [0.1, 0.15) is 49.3 Å². The van der Waals surface area contributed by atoms with E-state index in [2.05, 4.69) is 50.3 Å². The molecule has 2 unspecified atom stereocenters. The van der Waals surface area contributed by atoms with Crippen molar-refractivity contribution in [3.8, 4) is 6.07 Å². The van der Waals surface area contributed by atoms with Gasteiger partial charge in [0.25, 0.3) is 0 Å². The van der Waals surface area contributed by atoms with Crippen LogP contribution < -0.4 is 0 Å². The number of allylic oxidation sites excluding steroid dienone is 4. The van der Waals surface area contributed by atoms with E-state index in [1.165, 1.54) is 17.6 Å². The van der Waals surface area contributed by atoms with Crippen molar-refractivity contribution in [2.45, 2.75) is 39.5 Å². The lowest BCUT2D eigenvalue weighted by atomic mass is 9.86. The van der Waals surface area contributed by atoms with E-state index in [1.54, 1.807) is 0 Å². The highest BCUT2D eigenvalue weighted by Crippen LogP contribution is 2.34. The minimum atomic E-state index is 0.470. The molecule has 0 amide bonds. The molecule has 0 bridgehead atoms. The van der Waals surface area contributed by atoms with Crippen molar-refractivity contribution in [2.24, 2.45) is 5.92 Å². The molecular weight excluding hydrogens is 230 g/mol. The largest absolute Gasteiger partial charge is 0.192 e. The van der Waals surface area contributed by atoms with E-state index in [0.717, 1.165) is 17.5 Å². The standard InChI is InChI=1S/C18H21N/c1-4-5-18(15-7-6-13(2)10-15)16-8-9-17(12-19)14(3)11-16/h6-11,13,18H,4-5H2,1-3H3. The van der Waals surface area contributed by atoms with Crippen LogP contribution in [-0.2, 0) is 0 Å². The van der Waals surface area contributed by atoms with E-state index in [9.17, 15) is 0 Å². The average molecular weight is 251 g/mol. The first kappa shape index (κ1) is 13.6. The van der Waals surface area contributed by atoms with Crippen LogP contribution >= 0.6 is 0 Å². The van der Waals surface area contributed by atoms with Gasteiger partial charge in [-0.1, -0.05) is 50.6 Å². The fraction of sp³-hybridized carbons (Fsp3) is 0.389. The summed E-state index contributed by atoms with van der Waals surface area (Å²) in [5.74, 6) is 1.02. The molecule has 1 nitrogen and oxygen atoms in total. The summed E-state index contributed by atoms with van der Waals surface area (Å²) in [5, 5.41) is 9.02. The van der Waals surface area contributed by atoms with Gasteiger partial charge >= 0.3 is 0 Å². The van der Waals surface area contributed by atoms with Gasteiger partial charge in [0, 0.05) is 5.92 Å². The fourth-order valence-corrected chi connectivity index (χ4v) is 2.75. The first-order valence-corrected chi connectivity index (χ1v) is 7.06. The zero-order valence-electron chi connectivity index (χ0n) is 12.0. The van der Waals surface area contributed by atoms with E-state index in [4.69, 9.17) is 5.26 Å². The van der Waals surface area contributed by atoms with E-state index in [-0.39, 0.29) is 0 Å². The second kappa shape index (κ2) is 5.89. The zero-order valence-corrected chi connectivity index (χ0v) is 12.0. The molecule has 0 N–H and O–H groups in total. The maximum atomic E-state index is 9.02. The average Bonchev–Trinajstić information content (AvgIpc) is 2.82. The molecule has 2 rings (SSSR count). The Morgan fingerprint density at radius 3 is 2.68 bits per heavy atom. The molecule has 1 aromatic carbocycles. The third-order valence-corrected chi connectivity index (χ3v) is 3.80. The number of hydrogen-bond donors (Lipinski definition) is 0.